The van der Waals surface area contributed by atoms with E-state index >= 15 is 0 Å². The van der Waals surface area contributed by atoms with Crippen molar-refractivity contribution in [3.63, 3.8) is 0 Å². The van der Waals surface area contributed by atoms with Gasteiger partial charge in [0.2, 0.25) is 0 Å². The molecule has 1 aliphatic rings. The second-order valence-corrected chi connectivity index (χ2v) is 5.72. The highest BCUT2D eigenvalue weighted by Crippen LogP contribution is 2.27. The zero-order chi connectivity index (χ0) is 14.8. The van der Waals surface area contributed by atoms with Crippen LogP contribution in [0.5, 0.6) is 0 Å². The Hall–Kier alpha value is -1.66. The van der Waals surface area contributed by atoms with Crippen LogP contribution < -0.4 is 5.73 Å². The highest BCUT2D eigenvalue weighted by atomic mass is 16.5. The van der Waals surface area contributed by atoms with E-state index in [0.29, 0.717) is 5.92 Å². The van der Waals surface area contributed by atoms with Crippen molar-refractivity contribution in [3.05, 3.63) is 35.7 Å². The molecule has 6 heteroatoms. The van der Waals surface area contributed by atoms with Crippen molar-refractivity contribution in [2.24, 2.45) is 18.7 Å². The molecule has 0 saturated carbocycles. The molecule has 2 N–H and O–H groups in total. The average molecular weight is 289 g/mol. The third-order valence-corrected chi connectivity index (χ3v) is 4.23. The van der Waals surface area contributed by atoms with Gasteiger partial charge in [0.15, 0.2) is 0 Å². The summed E-state index contributed by atoms with van der Waals surface area (Å²) in [6.07, 6.45) is 7.78. The Labute approximate surface area is 124 Å². The lowest BCUT2D eigenvalue weighted by molar-refractivity contribution is 0.180. The molecule has 6 nitrogen and oxygen atoms in total. The summed E-state index contributed by atoms with van der Waals surface area (Å²) < 4.78 is 9.46. The topological polar surface area (TPSA) is 70.9 Å². The lowest BCUT2D eigenvalue weighted by Crippen LogP contribution is -2.24. The summed E-state index contributed by atoms with van der Waals surface area (Å²) in [4.78, 5) is 4.29. The van der Waals surface area contributed by atoms with Gasteiger partial charge in [-0.25, -0.2) is 4.98 Å². The number of imidazole rings is 1. The lowest BCUT2D eigenvalue weighted by Gasteiger charge is -2.19. The van der Waals surface area contributed by atoms with Crippen molar-refractivity contribution in [2.45, 2.75) is 32.4 Å². The number of aromatic nitrogens is 4. The van der Waals surface area contributed by atoms with Crippen LogP contribution >= 0.6 is 0 Å². The van der Waals surface area contributed by atoms with E-state index in [9.17, 15) is 0 Å². The van der Waals surface area contributed by atoms with Crippen LogP contribution in [-0.4, -0.2) is 32.5 Å². The first-order valence-electron chi connectivity index (χ1n) is 7.53. The minimum Gasteiger partial charge on any atom is -0.381 e. The molecule has 0 aliphatic carbocycles. The van der Waals surface area contributed by atoms with E-state index in [4.69, 9.17) is 10.5 Å². The first kappa shape index (κ1) is 14.3. The summed E-state index contributed by atoms with van der Waals surface area (Å²) in [5.41, 5.74) is 9.86. The molecule has 0 radical (unpaired) electrons. The molecular weight excluding hydrogens is 266 g/mol. The van der Waals surface area contributed by atoms with Gasteiger partial charge in [0, 0.05) is 37.5 Å². The Morgan fingerprint density at radius 1 is 1.52 bits per heavy atom. The number of rotatable bonds is 5. The quantitative estimate of drug-likeness (QED) is 0.899. The Morgan fingerprint density at radius 3 is 3.10 bits per heavy atom. The fourth-order valence-electron chi connectivity index (χ4n) is 3.02. The number of hydrogen-bond acceptors (Lipinski definition) is 4. The first-order valence-corrected chi connectivity index (χ1v) is 7.53. The molecule has 0 amide bonds. The van der Waals surface area contributed by atoms with Gasteiger partial charge in [0.05, 0.1) is 36.9 Å². The Kier molecular flexibility index (Phi) is 4.07. The van der Waals surface area contributed by atoms with Crippen molar-refractivity contribution in [1.29, 1.82) is 0 Å². The van der Waals surface area contributed by atoms with Gasteiger partial charge in [-0.1, -0.05) is 6.92 Å². The summed E-state index contributed by atoms with van der Waals surface area (Å²) in [7, 11) is 1.96. The zero-order valence-electron chi connectivity index (χ0n) is 12.7. The molecule has 1 saturated heterocycles. The summed E-state index contributed by atoms with van der Waals surface area (Å²) in [5, 5.41) is 4.49. The molecule has 2 aromatic rings. The SMILES string of the molecule is CCc1nn(C)cc1Cn1cncc1C(N)C1CCOC1. The van der Waals surface area contributed by atoms with Gasteiger partial charge in [-0.15, -0.1) is 0 Å². The van der Waals surface area contributed by atoms with Crippen LogP contribution in [-0.2, 0) is 24.8 Å². The molecule has 3 heterocycles. The number of nitrogens with two attached hydrogens (primary N) is 1. The smallest absolute Gasteiger partial charge is 0.0951 e. The highest BCUT2D eigenvalue weighted by molar-refractivity contribution is 5.19. The first-order chi connectivity index (χ1) is 10.2. The van der Waals surface area contributed by atoms with E-state index < -0.39 is 0 Å². The van der Waals surface area contributed by atoms with Crippen LogP contribution in [0.1, 0.15) is 36.3 Å². The van der Waals surface area contributed by atoms with Crippen molar-refractivity contribution in [1.82, 2.24) is 19.3 Å². The molecule has 21 heavy (non-hydrogen) atoms. The van der Waals surface area contributed by atoms with Crippen LogP contribution in [0.4, 0.5) is 0 Å². The third kappa shape index (κ3) is 2.87. The van der Waals surface area contributed by atoms with Crippen molar-refractivity contribution in [2.75, 3.05) is 13.2 Å². The minimum absolute atomic E-state index is 0.0169. The molecule has 0 spiro atoms. The molecule has 1 aliphatic heterocycles. The summed E-state index contributed by atoms with van der Waals surface area (Å²) in [6.45, 7) is 4.46. The predicted octanol–water partition coefficient (Wildman–Crippen LogP) is 1.26. The Morgan fingerprint density at radius 2 is 2.38 bits per heavy atom. The normalized spacial score (nSPS) is 20.0. The van der Waals surface area contributed by atoms with Gasteiger partial charge in [-0.2, -0.15) is 5.10 Å². The van der Waals surface area contributed by atoms with Gasteiger partial charge in [0.25, 0.3) is 0 Å². The van der Waals surface area contributed by atoms with E-state index in [2.05, 4.69) is 27.8 Å². The maximum Gasteiger partial charge on any atom is 0.0951 e. The second kappa shape index (κ2) is 5.99. The van der Waals surface area contributed by atoms with Crippen LogP contribution in [0.15, 0.2) is 18.7 Å². The van der Waals surface area contributed by atoms with Crippen molar-refractivity contribution in [3.8, 4) is 0 Å². The number of ether oxygens (including phenoxy) is 1. The van der Waals surface area contributed by atoms with Crippen LogP contribution in [0.2, 0.25) is 0 Å². The maximum absolute atomic E-state index is 6.41. The molecule has 2 unspecified atom stereocenters. The van der Waals surface area contributed by atoms with Crippen molar-refractivity contribution >= 4 is 0 Å². The minimum atomic E-state index is -0.0169. The number of hydrogen-bond donors (Lipinski definition) is 1. The molecule has 0 aromatic carbocycles. The van der Waals surface area contributed by atoms with Crippen LogP contribution in [0.25, 0.3) is 0 Å². The van der Waals surface area contributed by atoms with Gasteiger partial charge in [0.1, 0.15) is 0 Å². The fourth-order valence-corrected chi connectivity index (χ4v) is 3.02. The van der Waals surface area contributed by atoms with E-state index in [0.717, 1.165) is 44.0 Å². The van der Waals surface area contributed by atoms with Crippen LogP contribution in [0, 0.1) is 5.92 Å². The van der Waals surface area contributed by atoms with E-state index in [1.807, 2.05) is 24.3 Å². The molecule has 114 valence electrons. The second-order valence-electron chi connectivity index (χ2n) is 5.72. The van der Waals surface area contributed by atoms with E-state index in [1.165, 1.54) is 5.56 Å². The highest BCUT2D eigenvalue weighted by Gasteiger charge is 2.26. The van der Waals surface area contributed by atoms with Crippen molar-refractivity contribution < 1.29 is 4.74 Å². The van der Waals surface area contributed by atoms with Gasteiger partial charge < -0.3 is 15.0 Å². The molecule has 2 atom stereocenters. The van der Waals surface area contributed by atoms with Gasteiger partial charge in [-0.3, -0.25) is 4.68 Å². The molecule has 3 rings (SSSR count). The van der Waals surface area contributed by atoms with E-state index in [-0.39, 0.29) is 6.04 Å². The van der Waals surface area contributed by atoms with Crippen LogP contribution in [0.3, 0.4) is 0 Å². The lowest BCUT2D eigenvalue weighted by atomic mass is 9.97. The summed E-state index contributed by atoms with van der Waals surface area (Å²) in [6, 6.07) is -0.0169. The summed E-state index contributed by atoms with van der Waals surface area (Å²) >= 11 is 0. The Balaban J connectivity index is 1.81. The largest absolute Gasteiger partial charge is 0.381 e. The summed E-state index contributed by atoms with van der Waals surface area (Å²) in [5.74, 6) is 0.389. The number of aryl methyl sites for hydroxylation is 2. The third-order valence-electron chi connectivity index (χ3n) is 4.23. The zero-order valence-corrected chi connectivity index (χ0v) is 12.7. The molecule has 2 aromatic heterocycles. The monoisotopic (exact) mass is 289 g/mol. The fraction of sp³-hybridized carbons (Fsp3) is 0.600. The number of nitrogens with zero attached hydrogens (tertiary/aromatic N) is 4. The standard InChI is InChI=1S/C15H23N5O/c1-3-13-12(7-19(2)18-13)8-20-10-17-6-14(20)15(16)11-4-5-21-9-11/h6-7,10-11,15H,3-5,8-9,16H2,1-2H3. The molecule has 0 bridgehead atoms. The van der Waals surface area contributed by atoms with Gasteiger partial charge in [-0.05, 0) is 12.8 Å². The predicted molar refractivity (Wildman–Crippen MR) is 79.8 cm³/mol. The maximum atomic E-state index is 6.41. The molecule has 1 fully saturated rings. The molecular formula is C15H23N5O. The average Bonchev–Trinajstić information content (AvgIpc) is 3.19. The van der Waals surface area contributed by atoms with Gasteiger partial charge >= 0.3 is 0 Å². The van der Waals surface area contributed by atoms with E-state index in [1.54, 1.807) is 0 Å². The Bertz CT molecular complexity index is 597.